The van der Waals surface area contributed by atoms with E-state index in [0.29, 0.717) is 32.3 Å². The number of ether oxygens (including phenoxy) is 5. The van der Waals surface area contributed by atoms with E-state index < -0.39 is 76.3 Å². The first-order valence-electron chi connectivity index (χ1n) is 22.5. The molecule has 8 unspecified atom stereocenters. The van der Waals surface area contributed by atoms with Crippen molar-refractivity contribution < 1.29 is 96.6 Å². The summed E-state index contributed by atoms with van der Waals surface area (Å²) in [6.45, 7) is 29.7. The molecule has 3 saturated heterocycles. The van der Waals surface area contributed by atoms with Crippen LogP contribution in [0.4, 0.5) is 14.4 Å². The molecule has 0 aromatic rings. The monoisotopic (exact) mass is 1090 g/mol. The number of carbonyl (C=O) groups is 7. The van der Waals surface area contributed by atoms with Crippen LogP contribution in [0.3, 0.4) is 0 Å². The average molecular weight is 1090 g/mol. The summed E-state index contributed by atoms with van der Waals surface area (Å²) in [5.41, 5.74) is -4.89. The standard InChI is InChI=1S/C15H27NO5.C13H23NO5.C13H23NO4.C2H4O.C2H2.W.H2/c1-7-20-12(18)15(11(3)17)9-8-10(2)16(15)13(19)21-14(4,5)6;1-8-6-7-13(9(2)15,10(16)17)14(8)11(18)19-12(3,4)5;1-6-17-11(15)10-8-7-9(2)14(10)12(16)18-13(3,4)5;1-2-3;1-2;;/h10-11,17H,7-9H2,1-6H3;8-9,15H,6-7H2,1-5H3,(H,16,17);9-10H,6-8H2,1-5H3;2H,1H3;1-2H;;1H/i;;;;;;1+1D. The van der Waals surface area contributed by atoms with E-state index in [4.69, 9.17) is 31.4 Å². The van der Waals surface area contributed by atoms with Crippen LogP contribution in [-0.4, -0.2) is 150 Å². The molecule has 0 radical (unpaired) electrons. The van der Waals surface area contributed by atoms with Gasteiger partial charge in [0.25, 0.3) is 0 Å². The van der Waals surface area contributed by atoms with Gasteiger partial charge in [0.1, 0.15) is 29.1 Å². The Hall–Kier alpha value is -3.94. The molecule has 3 rings (SSSR count). The normalized spacial score (nSPS) is 24.7. The topological polar surface area (TPSA) is 236 Å². The van der Waals surface area contributed by atoms with Crippen LogP contribution >= 0.6 is 0 Å². The fraction of sp³-hybridized carbons (Fsp3) is 0.800. The summed E-state index contributed by atoms with van der Waals surface area (Å²) in [6.07, 6.45) is 7.98. The summed E-state index contributed by atoms with van der Waals surface area (Å²) in [5.74, 6) is -2.11. The van der Waals surface area contributed by atoms with E-state index in [1.165, 1.54) is 35.5 Å². The Labute approximate surface area is 399 Å². The van der Waals surface area contributed by atoms with Crippen LogP contribution in [0.5, 0.6) is 0 Å². The van der Waals surface area contributed by atoms with E-state index >= 15 is 0 Å². The second kappa shape index (κ2) is 27.5. The number of carboxylic acids is 1. The summed E-state index contributed by atoms with van der Waals surface area (Å²) in [5, 5.41) is 29.5. The van der Waals surface area contributed by atoms with Crippen molar-refractivity contribution in [3.05, 3.63) is 0 Å². The zero-order chi connectivity index (χ0) is 52.1. The van der Waals surface area contributed by atoms with Crippen LogP contribution in [0.25, 0.3) is 0 Å². The number of terminal acetylenes is 1. The number of carboxylic acid groups (broad SMARTS) is 1. The maximum absolute atomic E-state index is 12.5. The van der Waals surface area contributed by atoms with Gasteiger partial charge in [0.05, 0.1) is 25.4 Å². The Kier molecular flexibility index (Phi) is 26.7. The summed E-state index contributed by atoms with van der Waals surface area (Å²) >= 11 is 0. The number of aliphatic carboxylic acids is 1. The zero-order valence-electron chi connectivity index (χ0n) is 43.3. The van der Waals surface area contributed by atoms with E-state index in [2.05, 4.69) is 12.8 Å². The maximum atomic E-state index is 12.5. The summed E-state index contributed by atoms with van der Waals surface area (Å²) in [4.78, 5) is 85.4. The molecular weight excluding hydrogens is 1010 g/mol. The van der Waals surface area contributed by atoms with E-state index in [9.17, 15) is 44.1 Å². The van der Waals surface area contributed by atoms with Gasteiger partial charge in [-0.2, -0.15) is 0 Å². The fourth-order valence-corrected chi connectivity index (χ4v) is 7.36. The predicted octanol–water partition coefficient (Wildman–Crippen LogP) is 6.73. The van der Waals surface area contributed by atoms with E-state index in [1.54, 1.807) is 62.3 Å². The van der Waals surface area contributed by atoms with Crippen molar-refractivity contribution in [1.82, 2.24) is 14.7 Å². The number of hydrogen-bond donors (Lipinski definition) is 3. The van der Waals surface area contributed by atoms with Crippen molar-refractivity contribution >= 4 is 42.5 Å². The van der Waals surface area contributed by atoms with Gasteiger partial charge in [-0.05, 0) is 156 Å². The van der Waals surface area contributed by atoms with Gasteiger partial charge in [-0.15, -0.1) is 12.8 Å². The van der Waals surface area contributed by atoms with Crippen LogP contribution < -0.4 is 0 Å². The Morgan fingerprint density at radius 3 is 1.36 bits per heavy atom. The fourth-order valence-electron chi connectivity index (χ4n) is 7.36. The van der Waals surface area contributed by atoms with Crippen molar-refractivity contribution in [2.24, 2.45) is 0 Å². The molecule has 18 nitrogen and oxygen atoms in total. The first-order valence-corrected chi connectivity index (χ1v) is 21.5. The minimum absolute atomic E-state index is 0. The van der Waals surface area contributed by atoms with Crippen molar-refractivity contribution in [2.75, 3.05) is 13.2 Å². The number of nitrogens with zero attached hydrogens (tertiary/aromatic N) is 3. The Morgan fingerprint density at radius 2 is 1.03 bits per heavy atom. The summed E-state index contributed by atoms with van der Waals surface area (Å²) in [6, 6.07) is -0.969. The number of esters is 2. The number of aliphatic hydroxyl groups is 2. The van der Waals surface area contributed by atoms with Crippen LogP contribution in [0, 0.1) is 12.8 Å². The number of hydrogen-bond acceptors (Lipinski definition) is 14. The van der Waals surface area contributed by atoms with Crippen molar-refractivity contribution in [3.8, 4) is 12.8 Å². The van der Waals surface area contributed by atoms with Gasteiger partial charge in [0.15, 0.2) is 11.1 Å². The number of aldehydes is 1. The molecule has 0 aromatic heterocycles. The smallest absolute Gasteiger partial charge is 0.411 e. The number of amides is 3. The molecule has 0 aliphatic carbocycles. The molecule has 3 aliphatic rings. The third-order valence-electron chi connectivity index (χ3n) is 10.0. The molecule has 3 N–H and O–H groups in total. The molecule has 64 heavy (non-hydrogen) atoms. The Balaban J connectivity index is -0.000000406. The Morgan fingerprint density at radius 1 is 0.688 bits per heavy atom. The third kappa shape index (κ3) is 18.1. The van der Waals surface area contributed by atoms with Crippen LogP contribution in [-0.2, 0) is 63.9 Å². The van der Waals surface area contributed by atoms with Crippen LogP contribution in [0.15, 0.2) is 0 Å². The summed E-state index contributed by atoms with van der Waals surface area (Å²) in [7, 11) is 0. The quantitative estimate of drug-likeness (QED) is 0.104. The first kappa shape index (κ1) is 62.1. The molecule has 8 atom stereocenters. The van der Waals surface area contributed by atoms with Gasteiger partial charge < -0.3 is 43.8 Å². The summed E-state index contributed by atoms with van der Waals surface area (Å²) < 4.78 is 36.1. The van der Waals surface area contributed by atoms with Gasteiger partial charge in [-0.3, -0.25) is 14.7 Å². The molecular formula is C45H81N3O15W. The largest absolute Gasteiger partial charge is 0.479 e. The zero-order valence-corrected chi connectivity index (χ0v) is 44.3. The number of aliphatic hydroxyl groups excluding tert-OH is 2. The molecule has 3 amide bonds. The molecule has 0 bridgehead atoms. The first-order chi connectivity index (χ1) is 29.8. The molecule has 3 fully saturated rings. The van der Waals surface area contributed by atoms with E-state index in [0.717, 1.165) is 12.7 Å². The molecule has 19 heteroatoms. The Bertz CT molecular complexity index is 1550. The van der Waals surface area contributed by atoms with Crippen molar-refractivity contribution in [2.45, 2.75) is 220 Å². The van der Waals surface area contributed by atoms with Gasteiger partial charge in [-0.1, -0.05) is 0 Å². The molecule has 3 aliphatic heterocycles. The number of rotatable bonds is 7. The van der Waals surface area contributed by atoms with Gasteiger partial charge in [0, 0.05) is 42.2 Å². The molecule has 0 saturated carbocycles. The molecule has 0 spiro atoms. The number of carbonyl (C=O) groups excluding carboxylic acids is 6. The third-order valence-corrected chi connectivity index (χ3v) is 10.0. The molecule has 0 aromatic carbocycles. The predicted molar refractivity (Wildman–Crippen MR) is 238 cm³/mol. The van der Waals surface area contributed by atoms with E-state index in [-0.39, 0.29) is 58.2 Å². The average Bonchev–Trinajstić information content (AvgIpc) is 3.85. The molecule has 3 heterocycles. The van der Waals surface area contributed by atoms with Crippen molar-refractivity contribution in [1.29, 1.82) is 0 Å². The minimum atomic E-state index is -1.60. The van der Waals surface area contributed by atoms with Crippen LogP contribution in [0.1, 0.15) is 159 Å². The second-order valence-corrected chi connectivity index (χ2v) is 18.5. The maximum Gasteiger partial charge on any atom is 0.411 e. The van der Waals surface area contributed by atoms with E-state index in [1.807, 2.05) is 34.6 Å². The van der Waals surface area contributed by atoms with Gasteiger partial charge >= 0.3 is 36.2 Å². The molecule has 372 valence electrons. The van der Waals surface area contributed by atoms with Gasteiger partial charge in [-0.25, -0.2) is 28.8 Å². The minimum Gasteiger partial charge on any atom is -0.479 e. The number of likely N-dealkylation sites (tertiary alicyclic amines) is 3. The van der Waals surface area contributed by atoms with Crippen molar-refractivity contribution in [3.63, 3.8) is 0 Å². The van der Waals surface area contributed by atoms with Crippen LogP contribution in [0.2, 0.25) is 0 Å². The van der Waals surface area contributed by atoms with Gasteiger partial charge in [0.2, 0.25) is 0 Å². The second-order valence-electron chi connectivity index (χ2n) is 18.5. The SMILES string of the molecule is C#C.CC1CCC(C(=O)O)(C(C)O)N1C(=O)OC(C)(C)C.CC=O.CCOC(=O)C1(C(C)O)CCC(C)N1C(=O)OC(C)(C)C.CCOC(=O)C1CCC(C)N1C(=O)OC(C)(C)C.[2H][2H].[W].